The average molecular weight is 512 g/mol. The maximum absolute atomic E-state index is 12.9. The molecule has 0 fully saturated rings. The van der Waals surface area contributed by atoms with Crippen LogP contribution in [0.2, 0.25) is 0 Å². The number of nitrogens with two attached hydrogens (primary N) is 1. The number of halogens is 3. The van der Waals surface area contributed by atoms with Crippen molar-refractivity contribution in [3.63, 3.8) is 0 Å². The Kier molecular flexibility index (Phi) is 9.50. The summed E-state index contributed by atoms with van der Waals surface area (Å²) in [5.74, 6) is -3.37. The lowest BCUT2D eigenvalue weighted by atomic mass is 10.0. The lowest BCUT2D eigenvalue weighted by Crippen LogP contribution is -2.40. The van der Waals surface area contributed by atoms with Crippen LogP contribution in [0.4, 0.5) is 18.9 Å². The summed E-state index contributed by atoms with van der Waals surface area (Å²) in [5.41, 5.74) is 10.7. The number of carbonyl (C=O) groups is 2. The van der Waals surface area contributed by atoms with Crippen molar-refractivity contribution in [2.75, 3.05) is 19.0 Å². The number of carbonyl (C=O) groups excluding carboxylic acids is 2. The van der Waals surface area contributed by atoms with Crippen molar-refractivity contribution >= 4 is 23.4 Å². The standard InChI is InChI=1S/C23H28F3N5O5/c1-5-34-18-10-13(6-9-16(18)35-12(2)3)19(21(32)31-29-4)30-14-7-8-15(20(27)28)17(11-14)36-22(33)23(24,25)26/h6-12,19,29-30H,5H2,1-4H3,(H3,27,28)(H,31,32). The molecule has 196 valence electrons. The first-order valence-electron chi connectivity index (χ1n) is 10.8. The van der Waals surface area contributed by atoms with Gasteiger partial charge in [0.15, 0.2) is 11.5 Å². The zero-order chi connectivity index (χ0) is 27.0. The van der Waals surface area contributed by atoms with Gasteiger partial charge in [-0.1, -0.05) is 6.07 Å². The van der Waals surface area contributed by atoms with Gasteiger partial charge in [-0.2, -0.15) is 13.2 Å². The number of nitrogen functional groups attached to an aromatic ring is 1. The molecule has 2 aromatic carbocycles. The number of amides is 1. The molecule has 0 radical (unpaired) electrons. The zero-order valence-corrected chi connectivity index (χ0v) is 20.1. The Morgan fingerprint density at radius 3 is 2.33 bits per heavy atom. The first-order chi connectivity index (χ1) is 16.9. The zero-order valence-electron chi connectivity index (χ0n) is 20.1. The molecule has 1 atom stereocenters. The van der Waals surface area contributed by atoms with E-state index in [0.29, 0.717) is 23.7 Å². The van der Waals surface area contributed by atoms with E-state index in [9.17, 15) is 22.8 Å². The fourth-order valence-electron chi connectivity index (χ4n) is 3.06. The van der Waals surface area contributed by atoms with Gasteiger partial charge in [0.1, 0.15) is 17.6 Å². The van der Waals surface area contributed by atoms with Crippen LogP contribution < -0.4 is 36.1 Å². The van der Waals surface area contributed by atoms with Crippen molar-refractivity contribution in [2.24, 2.45) is 5.73 Å². The predicted octanol–water partition coefficient (Wildman–Crippen LogP) is 3.03. The van der Waals surface area contributed by atoms with E-state index in [1.807, 2.05) is 13.8 Å². The molecule has 0 aliphatic rings. The van der Waals surface area contributed by atoms with Crippen molar-refractivity contribution in [2.45, 2.75) is 39.1 Å². The van der Waals surface area contributed by atoms with E-state index < -0.39 is 35.7 Å². The van der Waals surface area contributed by atoms with Crippen molar-refractivity contribution in [3.05, 3.63) is 47.5 Å². The Morgan fingerprint density at radius 1 is 1.08 bits per heavy atom. The van der Waals surface area contributed by atoms with Crippen LogP contribution in [-0.4, -0.2) is 43.6 Å². The quantitative estimate of drug-likeness (QED) is 0.102. The van der Waals surface area contributed by atoms with Crippen LogP contribution in [0.5, 0.6) is 17.2 Å². The highest BCUT2D eigenvalue weighted by atomic mass is 19.4. The molecule has 0 bridgehead atoms. The number of rotatable bonds is 11. The summed E-state index contributed by atoms with van der Waals surface area (Å²) in [6, 6.07) is 7.41. The second-order valence-electron chi connectivity index (χ2n) is 7.63. The number of hydrogen-bond donors (Lipinski definition) is 5. The molecule has 36 heavy (non-hydrogen) atoms. The van der Waals surface area contributed by atoms with Gasteiger partial charge in [0.25, 0.3) is 5.91 Å². The molecule has 13 heteroatoms. The van der Waals surface area contributed by atoms with Gasteiger partial charge in [0, 0.05) is 18.8 Å². The number of esters is 1. The number of hydrogen-bond acceptors (Lipinski definition) is 8. The smallest absolute Gasteiger partial charge is 0.490 e. The van der Waals surface area contributed by atoms with E-state index in [1.165, 1.54) is 19.2 Å². The first kappa shape index (κ1) is 28.2. The van der Waals surface area contributed by atoms with Crippen LogP contribution >= 0.6 is 0 Å². The van der Waals surface area contributed by atoms with E-state index in [4.69, 9.17) is 20.6 Å². The molecule has 2 rings (SSSR count). The van der Waals surface area contributed by atoms with Gasteiger partial charge in [0.2, 0.25) is 0 Å². The van der Waals surface area contributed by atoms with Gasteiger partial charge in [-0.15, -0.1) is 0 Å². The Bertz CT molecular complexity index is 1110. The van der Waals surface area contributed by atoms with Crippen LogP contribution in [0.15, 0.2) is 36.4 Å². The van der Waals surface area contributed by atoms with Crippen molar-refractivity contribution in [1.82, 2.24) is 10.9 Å². The second-order valence-corrected chi connectivity index (χ2v) is 7.63. The molecule has 0 spiro atoms. The van der Waals surface area contributed by atoms with Gasteiger partial charge in [-0.25, -0.2) is 10.2 Å². The van der Waals surface area contributed by atoms with Gasteiger partial charge >= 0.3 is 12.1 Å². The molecule has 1 unspecified atom stereocenters. The molecular formula is C23H28F3N5O5. The molecule has 0 saturated carbocycles. The summed E-state index contributed by atoms with van der Waals surface area (Å²) in [7, 11) is 1.48. The summed E-state index contributed by atoms with van der Waals surface area (Å²) in [6.07, 6.45) is -5.39. The maximum Gasteiger partial charge on any atom is 0.491 e. The van der Waals surface area contributed by atoms with Crippen molar-refractivity contribution in [1.29, 1.82) is 5.41 Å². The van der Waals surface area contributed by atoms with Crippen LogP contribution in [0.1, 0.15) is 37.9 Å². The number of hydrazine groups is 1. The van der Waals surface area contributed by atoms with E-state index in [-0.39, 0.29) is 17.4 Å². The third-order valence-corrected chi connectivity index (χ3v) is 4.49. The number of benzene rings is 2. The minimum Gasteiger partial charge on any atom is -0.490 e. The molecule has 2 aromatic rings. The fraction of sp³-hybridized carbons (Fsp3) is 0.348. The van der Waals surface area contributed by atoms with Crippen LogP contribution in [0.3, 0.4) is 0 Å². The minimum atomic E-state index is -5.26. The Balaban J connectivity index is 2.50. The SMILES string of the molecule is CCOc1cc(C(Nc2ccc(C(=N)N)c(OC(=O)C(F)(F)F)c2)C(=O)NNC)ccc1OC(C)C. The maximum atomic E-state index is 12.9. The molecule has 0 aliphatic carbocycles. The van der Waals surface area contributed by atoms with Gasteiger partial charge in [0.05, 0.1) is 18.3 Å². The molecule has 0 aromatic heterocycles. The first-order valence-corrected chi connectivity index (χ1v) is 10.8. The second kappa shape index (κ2) is 12.1. The lowest BCUT2D eigenvalue weighted by molar-refractivity contribution is -0.189. The fourth-order valence-corrected chi connectivity index (χ4v) is 3.06. The monoisotopic (exact) mass is 511 g/mol. The summed E-state index contributed by atoms with van der Waals surface area (Å²) in [5, 5.41) is 10.5. The summed E-state index contributed by atoms with van der Waals surface area (Å²) in [6.45, 7) is 5.82. The highest BCUT2D eigenvalue weighted by Crippen LogP contribution is 2.34. The number of nitrogens with one attached hydrogen (secondary N) is 4. The van der Waals surface area contributed by atoms with Gasteiger partial charge < -0.3 is 25.3 Å². The third-order valence-electron chi connectivity index (χ3n) is 4.49. The molecule has 0 aliphatic heterocycles. The van der Waals surface area contributed by atoms with Gasteiger partial charge in [-0.3, -0.25) is 15.6 Å². The largest absolute Gasteiger partial charge is 0.491 e. The van der Waals surface area contributed by atoms with E-state index in [2.05, 4.69) is 20.9 Å². The molecule has 1 amide bonds. The summed E-state index contributed by atoms with van der Waals surface area (Å²) in [4.78, 5) is 24.2. The molecule has 6 N–H and O–H groups in total. The highest BCUT2D eigenvalue weighted by Gasteiger charge is 2.41. The van der Waals surface area contributed by atoms with Crippen molar-refractivity contribution in [3.8, 4) is 17.2 Å². The molecule has 0 saturated heterocycles. The normalized spacial score (nSPS) is 12.0. The Morgan fingerprint density at radius 2 is 1.78 bits per heavy atom. The number of ether oxygens (including phenoxy) is 3. The highest BCUT2D eigenvalue weighted by molar-refractivity contribution is 5.99. The minimum absolute atomic E-state index is 0.113. The number of amidine groups is 1. The van der Waals surface area contributed by atoms with E-state index in [0.717, 1.165) is 6.07 Å². The Hall–Kier alpha value is -4.00. The molecule has 10 nitrogen and oxygen atoms in total. The summed E-state index contributed by atoms with van der Waals surface area (Å²) >= 11 is 0. The average Bonchev–Trinajstić information content (AvgIpc) is 2.78. The van der Waals surface area contributed by atoms with Crippen LogP contribution in [0, 0.1) is 5.41 Å². The van der Waals surface area contributed by atoms with E-state index in [1.54, 1.807) is 25.1 Å². The molecule has 0 heterocycles. The number of anilines is 1. The topological polar surface area (TPSA) is 148 Å². The third kappa shape index (κ3) is 7.50. The van der Waals surface area contributed by atoms with Gasteiger partial charge in [-0.05, 0) is 50.6 Å². The predicted molar refractivity (Wildman–Crippen MR) is 126 cm³/mol. The van der Waals surface area contributed by atoms with Crippen LogP contribution in [0.25, 0.3) is 0 Å². The van der Waals surface area contributed by atoms with Crippen molar-refractivity contribution < 1.29 is 37.0 Å². The lowest BCUT2D eigenvalue weighted by Gasteiger charge is -2.22. The number of alkyl halides is 3. The van der Waals surface area contributed by atoms with Crippen LogP contribution in [-0.2, 0) is 9.59 Å². The Labute approximate surface area is 205 Å². The summed E-state index contributed by atoms with van der Waals surface area (Å²) < 4.78 is 54.1. The molecular weight excluding hydrogens is 483 g/mol. The van der Waals surface area contributed by atoms with E-state index >= 15 is 0 Å².